The summed E-state index contributed by atoms with van der Waals surface area (Å²) in [6.45, 7) is 2.18. The molecule has 1 aromatic heterocycles. The number of anilines is 2. The molecule has 2 aromatic rings. The number of hydrogen-bond acceptors (Lipinski definition) is 6. The fourth-order valence-corrected chi connectivity index (χ4v) is 4.23. The number of pyridine rings is 1. The van der Waals surface area contributed by atoms with Crippen LogP contribution in [0.1, 0.15) is 48.9 Å². The third-order valence-electron chi connectivity index (χ3n) is 6.63. The standard InChI is InChI=1S/C26H35N5O3/c1-31-15-13-21(14-16-31)28-20-8-6-19(7-9-20)25(32)30-23(11-5-18-3-4-18)26(33)29-22-10-12-24(34-2)27-17-22/h6-10,12,17-18,21,23,28H,3-5,11,13-16H2,1-2H3,(H,29,33)(H,30,32). The summed E-state index contributed by atoms with van der Waals surface area (Å²) in [5, 5.41) is 9.37. The summed E-state index contributed by atoms with van der Waals surface area (Å²) >= 11 is 0. The molecule has 0 spiro atoms. The molecule has 1 aliphatic carbocycles. The summed E-state index contributed by atoms with van der Waals surface area (Å²) in [5.74, 6) is 0.668. The zero-order valence-electron chi connectivity index (χ0n) is 20.0. The quantitative estimate of drug-likeness (QED) is 0.497. The summed E-state index contributed by atoms with van der Waals surface area (Å²) in [4.78, 5) is 32.4. The lowest BCUT2D eigenvalue weighted by molar-refractivity contribution is -0.118. The zero-order chi connectivity index (χ0) is 23.9. The van der Waals surface area contributed by atoms with Gasteiger partial charge in [0.15, 0.2) is 0 Å². The maximum absolute atomic E-state index is 13.0. The van der Waals surface area contributed by atoms with Crippen LogP contribution < -0.4 is 20.7 Å². The van der Waals surface area contributed by atoms with E-state index >= 15 is 0 Å². The van der Waals surface area contributed by atoms with Crippen molar-refractivity contribution < 1.29 is 14.3 Å². The molecule has 8 heteroatoms. The van der Waals surface area contributed by atoms with Gasteiger partial charge in [-0.25, -0.2) is 4.98 Å². The smallest absolute Gasteiger partial charge is 0.251 e. The third kappa shape index (κ3) is 6.93. The van der Waals surface area contributed by atoms with Crippen molar-refractivity contribution in [1.29, 1.82) is 0 Å². The van der Waals surface area contributed by atoms with Gasteiger partial charge in [0.2, 0.25) is 11.8 Å². The molecule has 3 N–H and O–H groups in total. The Hall–Kier alpha value is -3.13. The van der Waals surface area contributed by atoms with E-state index in [0.717, 1.165) is 38.0 Å². The van der Waals surface area contributed by atoms with E-state index < -0.39 is 6.04 Å². The average molecular weight is 466 g/mol. The van der Waals surface area contributed by atoms with Gasteiger partial charge in [-0.05, 0) is 82.1 Å². The van der Waals surface area contributed by atoms with Crippen LogP contribution in [-0.2, 0) is 4.79 Å². The van der Waals surface area contributed by atoms with Crippen LogP contribution in [0, 0.1) is 5.92 Å². The Morgan fingerprint density at radius 2 is 1.76 bits per heavy atom. The summed E-state index contributed by atoms with van der Waals surface area (Å²) in [6, 6.07) is 10.8. The van der Waals surface area contributed by atoms with E-state index in [1.807, 2.05) is 24.3 Å². The van der Waals surface area contributed by atoms with Crippen molar-refractivity contribution in [3.63, 3.8) is 0 Å². The normalized spacial score (nSPS) is 17.6. The first-order valence-corrected chi connectivity index (χ1v) is 12.2. The van der Waals surface area contributed by atoms with Crippen molar-refractivity contribution >= 4 is 23.2 Å². The van der Waals surface area contributed by atoms with Crippen molar-refractivity contribution in [3.8, 4) is 5.88 Å². The lowest BCUT2D eigenvalue weighted by atomic mass is 10.0. The van der Waals surface area contributed by atoms with Gasteiger partial charge in [0, 0.05) is 23.4 Å². The number of amides is 2. The number of ether oxygens (including phenoxy) is 1. The predicted molar refractivity (Wildman–Crippen MR) is 133 cm³/mol. The van der Waals surface area contributed by atoms with Gasteiger partial charge >= 0.3 is 0 Å². The van der Waals surface area contributed by atoms with Crippen LogP contribution in [0.3, 0.4) is 0 Å². The Balaban J connectivity index is 1.34. The largest absolute Gasteiger partial charge is 0.481 e. The molecular weight excluding hydrogens is 430 g/mol. The molecule has 1 aliphatic heterocycles. The highest BCUT2D eigenvalue weighted by atomic mass is 16.5. The Morgan fingerprint density at radius 3 is 2.38 bits per heavy atom. The maximum atomic E-state index is 13.0. The van der Waals surface area contributed by atoms with Gasteiger partial charge in [0.25, 0.3) is 5.91 Å². The van der Waals surface area contributed by atoms with Gasteiger partial charge in [0.1, 0.15) is 6.04 Å². The van der Waals surface area contributed by atoms with Crippen molar-refractivity contribution in [2.75, 3.05) is 37.9 Å². The van der Waals surface area contributed by atoms with Crippen molar-refractivity contribution in [3.05, 3.63) is 48.2 Å². The van der Waals surface area contributed by atoms with Crippen LogP contribution in [-0.4, -0.2) is 61.0 Å². The second-order valence-corrected chi connectivity index (χ2v) is 9.42. The summed E-state index contributed by atoms with van der Waals surface area (Å²) in [6.07, 6.45) is 7.72. The van der Waals surface area contributed by atoms with Gasteiger partial charge in [-0.3, -0.25) is 9.59 Å². The van der Waals surface area contributed by atoms with Crippen LogP contribution in [0.15, 0.2) is 42.6 Å². The molecule has 2 heterocycles. The van der Waals surface area contributed by atoms with E-state index in [0.29, 0.717) is 35.5 Å². The number of methoxy groups -OCH3 is 1. The van der Waals surface area contributed by atoms with Gasteiger partial charge in [-0.15, -0.1) is 0 Å². The minimum absolute atomic E-state index is 0.235. The molecule has 34 heavy (non-hydrogen) atoms. The fraction of sp³-hybridized carbons (Fsp3) is 0.500. The number of benzene rings is 1. The molecule has 1 saturated heterocycles. The van der Waals surface area contributed by atoms with Crippen LogP contribution in [0.4, 0.5) is 11.4 Å². The second kappa shape index (κ2) is 11.3. The van der Waals surface area contributed by atoms with Crippen molar-refractivity contribution in [2.45, 2.75) is 50.6 Å². The zero-order valence-corrected chi connectivity index (χ0v) is 20.0. The van der Waals surface area contributed by atoms with Gasteiger partial charge in [0.05, 0.1) is 19.0 Å². The van der Waals surface area contributed by atoms with E-state index in [4.69, 9.17) is 4.74 Å². The first-order chi connectivity index (χ1) is 16.5. The highest BCUT2D eigenvalue weighted by molar-refractivity contribution is 6.01. The summed E-state index contributed by atoms with van der Waals surface area (Å²) in [5.41, 5.74) is 2.13. The SMILES string of the molecule is COc1ccc(NC(=O)C(CCC2CC2)NC(=O)c2ccc(NC3CCN(C)CC3)cc2)cn1. The Kier molecular flexibility index (Phi) is 8.00. The number of rotatable bonds is 10. The molecule has 1 aromatic carbocycles. The van der Waals surface area contributed by atoms with E-state index in [1.54, 1.807) is 25.4 Å². The molecule has 2 fully saturated rings. The number of likely N-dealkylation sites (tertiary alicyclic amines) is 1. The van der Waals surface area contributed by atoms with Crippen LogP contribution in [0.5, 0.6) is 5.88 Å². The molecule has 1 atom stereocenters. The van der Waals surface area contributed by atoms with E-state index in [9.17, 15) is 9.59 Å². The molecular formula is C26H35N5O3. The van der Waals surface area contributed by atoms with Crippen LogP contribution >= 0.6 is 0 Å². The predicted octanol–water partition coefficient (Wildman–Crippen LogP) is 3.52. The Morgan fingerprint density at radius 1 is 1.06 bits per heavy atom. The second-order valence-electron chi connectivity index (χ2n) is 9.42. The first-order valence-electron chi connectivity index (χ1n) is 12.2. The van der Waals surface area contributed by atoms with Crippen LogP contribution in [0.25, 0.3) is 0 Å². The Bertz CT molecular complexity index is 951. The van der Waals surface area contributed by atoms with E-state index in [1.165, 1.54) is 12.8 Å². The van der Waals surface area contributed by atoms with Gasteiger partial charge in [-0.1, -0.05) is 12.8 Å². The summed E-state index contributed by atoms with van der Waals surface area (Å²) in [7, 11) is 3.69. The monoisotopic (exact) mass is 465 g/mol. The Labute approximate surface area is 201 Å². The highest BCUT2D eigenvalue weighted by Crippen LogP contribution is 2.34. The molecule has 2 aliphatic rings. The molecule has 1 unspecified atom stereocenters. The van der Waals surface area contributed by atoms with Crippen LogP contribution in [0.2, 0.25) is 0 Å². The van der Waals surface area contributed by atoms with Gasteiger partial charge in [-0.2, -0.15) is 0 Å². The van der Waals surface area contributed by atoms with Crippen molar-refractivity contribution in [1.82, 2.24) is 15.2 Å². The molecule has 4 rings (SSSR count). The molecule has 0 bridgehead atoms. The molecule has 1 saturated carbocycles. The number of piperidine rings is 1. The molecule has 0 radical (unpaired) electrons. The number of hydrogen-bond donors (Lipinski definition) is 3. The number of carbonyl (C=O) groups is 2. The molecule has 182 valence electrons. The molecule has 2 amide bonds. The van der Waals surface area contributed by atoms with E-state index in [-0.39, 0.29) is 11.8 Å². The summed E-state index contributed by atoms with van der Waals surface area (Å²) < 4.78 is 5.06. The highest BCUT2D eigenvalue weighted by Gasteiger charge is 2.27. The first kappa shape index (κ1) is 24.0. The number of aromatic nitrogens is 1. The van der Waals surface area contributed by atoms with Gasteiger partial charge < -0.3 is 25.6 Å². The topological polar surface area (TPSA) is 95.6 Å². The lowest BCUT2D eigenvalue weighted by Gasteiger charge is -2.30. The maximum Gasteiger partial charge on any atom is 0.251 e. The lowest BCUT2D eigenvalue weighted by Crippen LogP contribution is -2.43. The van der Waals surface area contributed by atoms with E-state index in [2.05, 4.69) is 32.9 Å². The molecule has 8 nitrogen and oxygen atoms in total. The average Bonchev–Trinajstić information content (AvgIpc) is 3.68. The van der Waals surface area contributed by atoms with Crippen molar-refractivity contribution in [2.24, 2.45) is 5.92 Å². The fourth-order valence-electron chi connectivity index (χ4n) is 4.23. The minimum Gasteiger partial charge on any atom is -0.481 e. The number of carbonyl (C=O) groups excluding carboxylic acids is 2. The number of nitrogens with one attached hydrogen (secondary N) is 3. The minimum atomic E-state index is -0.604. The number of nitrogens with zero attached hydrogens (tertiary/aromatic N) is 2. The third-order valence-corrected chi connectivity index (χ3v) is 6.63.